The van der Waals surface area contributed by atoms with E-state index in [1.54, 1.807) is 0 Å². The second-order valence-corrected chi connectivity index (χ2v) is 4.54. The average Bonchev–Trinajstić information content (AvgIpc) is 2.90. The van der Waals surface area contributed by atoms with Gasteiger partial charge in [-0.25, -0.2) is 0 Å². The van der Waals surface area contributed by atoms with Crippen LogP contribution in [0.1, 0.15) is 30.9 Å². The third-order valence-electron chi connectivity index (χ3n) is 3.27. The van der Waals surface area contributed by atoms with E-state index in [9.17, 15) is 4.79 Å². The first kappa shape index (κ1) is 12.1. The van der Waals surface area contributed by atoms with E-state index in [0.29, 0.717) is 6.54 Å². The molecule has 1 heterocycles. The maximum atomic E-state index is 11.8. The van der Waals surface area contributed by atoms with Crippen molar-refractivity contribution in [2.45, 2.75) is 38.8 Å². The van der Waals surface area contributed by atoms with E-state index in [0.717, 1.165) is 31.4 Å². The van der Waals surface area contributed by atoms with Crippen LogP contribution in [0, 0.1) is 0 Å². The SMILES string of the molecule is CCc1ccc(CNC(=O)C2CCCN2)cc1. The fraction of sp³-hybridized carbons (Fsp3) is 0.500. The molecule has 0 aliphatic carbocycles. The average molecular weight is 232 g/mol. The van der Waals surface area contributed by atoms with Crippen molar-refractivity contribution in [3.8, 4) is 0 Å². The summed E-state index contributed by atoms with van der Waals surface area (Å²) in [6.45, 7) is 3.73. The van der Waals surface area contributed by atoms with E-state index in [2.05, 4.69) is 41.8 Å². The van der Waals surface area contributed by atoms with Gasteiger partial charge in [-0.3, -0.25) is 4.79 Å². The number of nitrogens with one attached hydrogen (secondary N) is 2. The molecule has 0 spiro atoms. The van der Waals surface area contributed by atoms with E-state index in [1.807, 2.05) is 0 Å². The van der Waals surface area contributed by atoms with Gasteiger partial charge in [-0.15, -0.1) is 0 Å². The molecular formula is C14H20N2O. The summed E-state index contributed by atoms with van der Waals surface area (Å²) >= 11 is 0. The molecule has 2 rings (SSSR count). The molecule has 2 N–H and O–H groups in total. The van der Waals surface area contributed by atoms with E-state index < -0.39 is 0 Å². The highest BCUT2D eigenvalue weighted by atomic mass is 16.2. The van der Waals surface area contributed by atoms with Crippen LogP contribution in [0.3, 0.4) is 0 Å². The predicted octanol–water partition coefficient (Wildman–Crippen LogP) is 1.62. The van der Waals surface area contributed by atoms with Gasteiger partial charge >= 0.3 is 0 Å². The largest absolute Gasteiger partial charge is 0.351 e. The van der Waals surface area contributed by atoms with Gasteiger partial charge in [0.15, 0.2) is 0 Å². The Labute approximate surface area is 103 Å². The van der Waals surface area contributed by atoms with Gasteiger partial charge in [0.2, 0.25) is 5.91 Å². The lowest BCUT2D eigenvalue weighted by atomic mass is 10.1. The molecule has 1 fully saturated rings. The zero-order valence-corrected chi connectivity index (χ0v) is 10.3. The van der Waals surface area contributed by atoms with Gasteiger partial charge in [0.1, 0.15) is 0 Å². The van der Waals surface area contributed by atoms with E-state index in [-0.39, 0.29) is 11.9 Å². The van der Waals surface area contributed by atoms with Gasteiger partial charge in [0.25, 0.3) is 0 Å². The molecule has 0 aromatic heterocycles. The molecular weight excluding hydrogens is 212 g/mol. The van der Waals surface area contributed by atoms with Crippen molar-refractivity contribution in [1.29, 1.82) is 0 Å². The number of benzene rings is 1. The van der Waals surface area contributed by atoms with E-state index in [4.69, 9.17) is 0 Å². The summed E-state index contributed by atoms with van der Waals surface area (Å²) in [6, 6.07) is 8.43. The lowest BCUT2D eigenvalue weighted by Gasteiger charge is -2.11. The fourth-order valence-electron chi connectivity index (χ4n) is 2.11. The lowest BCUT2D eigenvalue weighted by Crippen LogP contribution is -2.39. The number of amides is 1. The summed E-state index contributed by atoms with van der Waals surface area (Å²) in [6.07, 6.45) is 3.11. The monoisotopic (exact) mass is 232 g/mol. The van der Waals surface area contributed by atoms with Crippen molar-refractivity contribution in [3.63, 3.8) is 0 Å². The van der Waals surface area contributed by atoms with Crippen LogP contribution in [-0.2, 0) is 17.8 Å². The highest BCUT2D eigenvalue weighted by Gasteiger charge is 2.21. The fourth-order valence-corrected chi connectivity index (χ4v) is 2.11. The second-order valence-electron chi connectivity index (χ2n) is 4.54. The number of hydrogen-bond donors (Lipinski definition) is 2. The summed E-state index contributed by atoms with van der Waals surface area (Å²) in [4.78, 5) is 11.8. The normalized spacial score (nSPS) is 19.2. The van der Waals surface area contributed by atoms with Crippen molar-refractivity contribution >= 4 is 5.91 Å². The molecule has 1 aliphatic rings. The standard InChI is InChI=1S/C14H20N2O/c1-2-11-5-7-12(8-6-11)10-16-14(17)13-4-3-9-15-13/h5-8,13,15H,2-4,9-10H2,1H3,(H,16,17). The summed E-state index contributed by atoms with van der Waals surface area (Å²) in [7, 11) is 0. The van der Waals surface area contributed by atoms with Crippen molar-refractivity contribution in [2.75, 3.05) is 6.54 Å². The Bertz CT molecular complexity index is 366. The Morgan fingerprint density at radius 1 is 1.35 bits per heavy atom. The molecule has 1 atom stereocenters. The summed E-state index contributed by atoms with van der Waals surface area (Å²) in [5.74, 6) is 0.127. The first-order valence-corrected chi connectivity index (χ1v) is 6.38. The first-order chi connectivity index (χ1) is 8.29. The molecule has 0 radical (unpaired) electrons. The molecule has 1 saturated heterocycles. The van der Waals surface area contributed by atoms with Crippen LogP contribution in [0.25, 0.3) is 0 Å². The van der Waals surface area contributed by atoms with Crippen LogP contribution in [0.5, 0.6) is 0 Å². The Kier molecular flexibility index (Phi) is 4.15. The van der Waals surface area contributed by atoms with Gasteiger partial charge in [-0.1, -0.05) is 31.2 Å². The number of carbonyl (C=O) groups is 1. The van der Waals surface area contributed by atoms with Gasteiger partial charge in [0.05, 0.1) is 6.04 Å². The van der Waals surface area contributed by atoms with Crippen molar-refractivity contribution in [1.82, 2.24) is 10.6 Å². The molecule has 92 valence electrons. The minimum absolute atomic E-state index is 0.0184. The molecule has 0 saturated carbocycles. The summed E-state index contributed by atoms with van der Waals surface area (Å²) in [5.41, 5.74) is 2.49. The maximum Gasteiger partial charge on any atom is 0.237 e. The third kappa shape index (κ3) is 3.30. The van der Waals surface area contributed by atoms with Crippen LogP contribution in [0.4, 0.5) is 0 Å². The Hall–Kier alpha value is -1.35. The quantitative estimate of drug-likeness (QED) is 0.828. The molecule has 1 unspecified atom stereocenters. The van der Waals surface area contributed by atoms with Crippen LogP contribution >= 0.6 is 0 Å². The number of carbonyl (C=O) groups excluding carboxylic acids is 1. The minimum Gasteiger partial charge on any atom is -0.351 e. The van der Waals surface area contributed by atoms with Crippen molar-refractivity contribution in [2.24, 2.45) is 0 Å². The molecule has 17 heavy (non-hydrogen) atoms. The molecule has 0 bridgehead atoms. The van der Waals surface area contributed by atoms with Crippen LogP contribution in [-0.4, -0.2) is 18.5 Å². The number of aryl methyl sites for hydroxylation is 1. The highest BCUT2D eigenvalue weighted by molar-refractivity contribution is 5.81. The Morgan fingerprint density at radius 3 is 2.65 bits per heavy atom. The molecule has 3 heteroatoms. The molecule has 1 aromatic carbocycles. The number of rotatable bonds is 4. The van der Waals surface area contributed by atoms with Gasteiger partial charge in [-0.05, 0) is 36.9 Å². The lowest BCUT2D eigenvalue weighted by molar-refractivity contribution is -0.122. The van der Waals surface area contributed by atoms with Gasteiger partial charge in [0, 0.05) is 6.54 Å². The minimum atomic E-state index is 0.0184. The highest BCUT2D eigenvalue weighted by Crippen LogP contribution is 2.07. The zero-order valence-electron chi connectivity index (χ0n) is 10.3. The Balaban J connectivity index is 1.82. The Morgan fingerprint density at radius 2 is 2.06 bits per heavy atom. The second kappa shape index (κ2) is 5.82. The first-order valence-electron chi connectivity index (χ1n) is 6.38. The van der Waals surface area contributed by atoms with Crippen molar-refractivity contribution in [3.05, 3.63) is 35.4 Å². The topological polar surface area (TPSA) is 41.1 Å². The molecule has 1 aromatic rings. The predicted molar refractivity (Wildman–Crippen MR) is 68.7 cm³/mol. The van der Waals surface area contributed by atoms with Crippen molar-refractivity contribution < 1.29 is 4.79 Å². The number of hydrogen-bond acceptors (Lipinski definition) is 2. The van der Waals surface area contributed by atoms with E-state index >= 15 is 0 Å². The van der Waals surface area contributed by atoms with Gasteiger partial charge < -0.3 is 10.6 Å². The van der Waals surface area contributed by atoms with Crippen LogP contribution in [0.15, 0.2) is 24.3 Å². The summed E-state index contributed by atoms with van der Waals surface area (Å²) < 4.78 is 0. The van der Waals surface area contributed by atoms with Crippen LogP contribution in [0.2, 0.25) is 0 Å². The molecule has 3 nitrogen and oxygen atoms in total. The van der Waals surface area contributed by atoms with E-state index in [1.165, 1.54) is 5.56 Å². The zero-order chi connectivity index (χ0) is 12.1. The third-order valence-corrected chi connectivity index (χ3v) is 3.27. The smallest absolute Gasteiger partial charge is 0.237 e. The van der Waals surface area contributed by atoms with Gasteiger partial charge in [-0.2, -0.15) is 0 Å². The molecule has 1 aliphatic heterocycles. The molecule has 1 amide bonds. The summed E-state index contributed by atoms with van der Waals surface area (Å²) in [5, 5.41) is 6.18. The maximum absolute atomic E-state index is 11.8. The van der Waals surface area contributed by atoms with Crippen LogP contribution < -0.4 is 10.6 Å².